The van der Waals surface area contributed by atoms with Crippen LogP contribution in [-0.4, -0.2) is 92.5 Å². The lowest BCUT2D eigenvalue weighted by Gasteiger charge is -2.41. The van der Waals surface area contributed by atoms with E-state index in [0.29, 0.717) is 51.4 Å². The topological polar surface area (TPSA) is 118 Å². The number of nitrogens with zero attached hydrogens (tertiary/aromatic N) is 8. The maximum atomic E-state index is 12.5. The van der Waals surface area contributed by atoms with Gasteiger partial charge in [0.15, 0.2) is 0 Å². The summed E-state index contributed by atoms with van der Waals surface area (Å²) >= 11 is 0. The first-order valence-electron chi connectivity index (χ1n) is 13.9. The van der Waals surface area contributed by atoms with Crippen molar-refractivity contribution in [3.05, 3.63) is 54.0 Å². The molecule has 2 aromatic heterocycles. The predicted molar refractivity (Wildman–Crippen MR) is 150 cm³/mol. The van der Waals surface area contributed by atoms with E-state index in [9.17, 15) is 10.1 Å². The number of H-pyrrole nitrogens is 1. The van der Waals surface area contributed by atoms with Crippen molar-refractivity contribution in [2.45, 2.75) is 51.0 Å². The first kappa shape index (κ1) is 26.2. The Morgan fingerprint density at radius 3 is 2.95 bits per heavy atom. The Morgan fingerprint density at radius 2 is 2.15 bits per heavy atom. The lowest BCUT2D eigenvalue weighted by molar-refractivity contribution is -0.128. The standard InChI is InChI=1S/C29H35N9O2/c1-3-26(39)38-13-12-37(15-21(38)9-10-30)28-23-16-36(14-20-6-4-8-24-27(20)32-19-31-24)17-25(23)33-29(34-28)40-18-22-7-5-11-35(22)2/h3-4,6,8,19,21-22H,1,5,7,9,11-18H2,2H3,(H,31,32)/t21-,22-/m0/s1. The summed E-state index contributed by atoms with van der Waals surface area (Å²) in [5.74, 6) is 0.701. The van der Waals surface area contributed by atoms with Gasteiger partial charge in [-0.05, 0) is 44.1 Å². The Morgan fingerprint density at radius 1 is 1.25 bits per heavy atom. The van der Waals surface area contributed by atoms with Crippen LogP contribution in [0.2, 0.25) is 0 Å². The van der Waals surface area contributed by atoms with E-state index in [2.05, 4.69) is 50.4 Å². The Kier molecular flexibility index (Phi) is 7.36. The summed E-state index contributed by atoms with van der Waals surface area (Å²) in [5.41, 5.74) is 5.25. The van der Waals surface area contributed by atoms with Crippen LogP contribution in [0.5, 0.6) is 6.01 Å². The lowest BCUT2D eigenvalue weighted by Crippen LogP contribution is -2.55. The van der Waals surface area contributed by atoms with E-state index < -0.39 is 0 Å². The van der Waals surface area contributed by atoms with Gasteiger partial charge in [-0.3, -0.25) is 9.69 Å². The largest absolute Gasteiger partial charge is 0.462 e. The zero-order chi connectivity index (χ0) is 27.6. The van der Waals surface area contributed by atoms with E-state index in [-0.39, 0.29) is 18.4 Å². The van der Waals surface area contributed by atoms with Gasteiger partial charge in [-0.1, -0.05) is 18.7 Å². The van der Waals surface area contributed by atoms with Crippen LogP contribution in [0, 0.1) is 11.3 Å². The number of piperazine rings is 1. The zero-order valence-electron chi connectivity index (χ0n) is 22.9. The molecule has 208 valence electrons. The molecule has 3 aliphatic rings. The fourth-order valence-electron chi connectivity index (χ4n) is 6.21. The Hall–Kier alpha value is -4.01. The van der Waals surface area contributed by atoms with Crippen LogP contribution in [0.3, 0.4) is 0 Å². The second kappa shape index (κ2) is 11.2. The number of likely N-dealkylation sites (N-methyl/N-ethyl adjacent to an activating group) is 1. The molecule has 0 saturated carbocycles. The molecule has 0 radical (unpaired) electrons. The number of anilines is 1. The summed E-state index contributed by atoms with van der Waals surface area (Å²) in [6.45, 7) is 9.06. The number of carbonyl (C=O) groups excluding carboxylic acids is 1. The molecule has 0 unspecified atom stereocenters. The first-order valence-corrected chi connectivity index (χ1v) is 13.9. The molecule has 3 aliphatic heterocycles. The van der Waals surface area contributed by atoms with Gasteiger partial charge in [0, 0.05) is 50.9 Å². The number of aromatic nitrogens is 4. The van der Waals surface area contributed by atoms with Gasteiger partial charge >= 0.3 is 6.01 Å². The molecule has 11 heteroatoms. The van der Waals surface area contributed by atoms with Crippen molar-refractivity contribution in [3.63, 3.8) is 0 Å². The normalized spacial score (nSPS) is 21.5. The number of ether oxygens (including phenoxy) is 1. The summed E-state index contributed by atoms with van der Waals surface area (Å²) in [7, 11) is 2.13. The number of fused-ring (bicyclic) bond motifs is 2. The molecule has 2 atom stereocenters. The van der Waals surface area contributed by atoms with Crippen LogP contribution in [-0.2, 0) is 24.4 Å². The van der Waals surface area contributed by atoms with Crippen molar-refractivity contribution < 1.29 is 9.53 Å². The number of rotatable bonds is 8. The fourth-order valence-corrected chi connectivity index (χ4v) is 6.21. The number of amides is 1. The molecule has 6 rings (SSSR count). The number of aromatic amines is 1. The molecular weight excluding hydrogens is 506 g/mol. The Labute approximate surface area is 234 Å². The number of para-hydroxylation sites is 1. The van der Waals surface area contributed by atoms with E-state index >= 15 is 0 Å². The number of nitrogens with one attached hydrogen (secondary N) is 1. The third-order valence-electron chi connectivity index (χ3n) is 8.38. The van der Waals surface area contributed by atoms with Crippen molar-refractivity contribution in [3.8, 4) is 12.1 Å². The number of benzene rings is 1. The van der Waals surface area contributed by atoms with E-state index in [4.69, 9.17) is 14.7 Å². The molecule has 1 aromatic carbocycles. The minimum Gasteiger partial charge on any atom is -0.462 e. The summed E-state index contributed by atoms with van der Waals surface area (Å²) < 4.78 is 6.22. The zero-order valence-corrected chi connectivity index (χ0v) is 22.9. The van der Waals surface area contributed by atoms with Crippen molar-refractivity contribution in [2.24, 2.45) is 0 Å². The Balaban J connectivity index is 1.27. The maximum Gasteiger partial charge on any atom is 0.318 e. The van der Waals surface area contributed by atoms with Gasteiger partial charge in [-0.2, -0.15) is 15.2 Å². The summed E-state index contributed by atoms with van der Waals surface area (Å²) in [6.07, 6.45) is 5.59. The maximum absolute atomic E-state index is 12.5. The molecule has 40 heavy (non-hydrogen) atoms. The van der Waals surface area contributed by atoms with Crippen molar-refractivity contribution in [1.29, 1.82) is 5.26 Å². The minimum atomic E-state index is -0.234. The molecule has 1 amide bonds. The summed E-state index contributed by atoms with van der Waals surface area (Å²) in [5, 5.41) is 9.48. The predicted octanol–water partition coefficient (Wildman–Crippen LogP) is 2.46. The fraction of sp³-hybridized carbons (Fsp3) is 0.483. The third kappa shape index (κ3) is 5.12. The highest BCUT2D eigenvalue weighted by atomic mass is 16.5. The number of likely N-dealkylation sites (tertiary alicyclic amines) is 1. The van der Waals surface area contributed by atoms with E-state index in [1.54, 1.807) is 11.2 Å². The van der Waals surface area contributed by atoms with Crippen LogP contribution in [0.4, 0.5) is 5.82 Å². The molecule has 1 N–H and O–H groups in total. The van der Waals surface area contributed by atoms with Crippen LogP contribution in [0.15, 0.2) is 37.2 Å². The first-order chi connectivity index (χ1) is 19.5. The molecule has 0 spiro atoms. The van der Waals surface area contributed by atoms with Gasteiger partial charge < -0.3 is 24.4 Å². The number of carbonyl (C=O) groups is 1. The SMILES string of the molecule is C=CC(=O)N1CCN(c2nc(OC[C@@H]3CCCN3C)nc3c2CN(Cc2cccc4nc[nH]c24)C3)C[C@@H]1CC#N. The van der Waals surface area contributed by atoms with Gasteiger partial charge in [-0.25, -0.2) is 4.98 Å². The molecule has 2 fully saturated rings. The average Bonchev–Trinajstić information content (AvgIpc) is 3.71. The number of imidazole rings is 1. The van der Waals surface area contributed by atoms with E-state index in [1.807, 2.05) is 12.1 Å². The Bertz CT molecular complexity index is 1450. The van der Waals surface area contributed by atoms with Gasteiger partial charge in [-0.15, -0.1) is 0 Å². The smallest absolute Gasteiger partial charge is 0.318 e. The van der Waals surface area contributed by atoms with Crippen LogP contribution in [0.25, 0.3) is 11.0 Å². The van der Waals surface area contributed by atoms with Gasteiger partial charge in [0.05, 0.1) is 41.6 Å². The molecule has 2 saturated heterocycles. The highest BCUT2D eigenvalue weighted by molar-refractivity contribution is 5.87. The van der Waals surface area contributed by atoms with E-state index in [1.165, 1.54) is 18.1 Å². The monoisotopic (exact) mass is 541 g/mol. The second-order valence-electron chi connectivity index (χ2n) is 10.9. The van der Waals surface area contributed by atoms with Crippen LogP contribution in [0.1, 0.15) is 36.1 Å². The molecular formula is C29H35N9O2. The molecule has 5 heterocycles. The summed E-state index contributed by atoms with van der Waals surface area (Å²) in [6, 6.07) is 8.96. The molecule has 11 nitrogen and oxygen atoms in total. The lowest BCUT2D eigenvalue weighted by atomic mass is 10.1. The van der Waals surface area contributed by atoms with Crippen LogP contribution >= 0.6 is 0 Å². The highest BCUT2D eigenvalue weighted by Gasteiger charge is 2.34. The number of hydrogen-bond donors (Lipinski definition) is 1. The van der Waals surface area contributed by atoms with Crippen molar-refractivity contribution in [1.82, 2.24) is 34.6 Å². The number of nitriles is 1. The van der Waals surface area contributed by atoms with Gasteiger partial charge in [0.25, 0.3) is 0 Å². The average molecular weight is 542 g/mol. The summed E-state index contributed by atoms with van der Waals surface area (Å²) in [4.78, 5) is 38.6. The second-order valence-corrected chi connectivity index (χ2v) is 10.9. The van der Waals surface area contributed by atoms with Crippen molar-refractivity contribution >= 4 is 22.8 Å². The minimum absolute atomic E-state index is 0.142. The van der Waals surface area contributed by atoms with E-state index in [0.717, 1.165) is 47.6 Å². The quantitative estimate of drug-likeness (QED) is 0.429. The molecule has 0 bridgehead atoms. The van der Waals surface area contributed by atoms with Gasteiger partial charge in [0.1, 0.15) is 12.4 Å². The highest BCUT2D eigenvalue weighted by Crippen LogP contribution is 2.34. The van der Waals surface area contributed by atoms with Gasteiger partial charge in [0.2, 0.25) is 5.91 Å². The van der Waals surface area contributed by atoms with Crippen molar-refractivity contribution in [2.75, 3.05) is 44.7 Å². The van der Waals surface area contributed by atoms with Crippen LogP contribution < -0.4 is 9.64 Å². The number of hydrogen-bond acceptors (Lipinski definition) is 9. The molecule has 0 aliphatic carbocycles. The molecule has 3 aromatic rings. The third-order valence-corrected chi connectivity index (χ3v) is 8.38.